The molecule has 0 aromatic carbocycles. The number of carbonyl (C=O) groups excluding carboxylic acids is 2. The van der Waals surface area contributed by atoms with Crippen molar-refractivity contribution in [3.63, 3.8) is 0 Å². The predicted molar refractivity (Wildman–Crippen MR) is 60.7 cm³/mol. The standard InChI is InChI=1S/C12H16N2O4/c1-9(2)10(11(15)17-7-3-5-13)12(16)18-8-4-6-14/h9-10H,3-4,7-8H2,1-2H3. The number of nitrogens with zero attached hydrogens (tertiary/aromatic N) is 2. The Morgan fingerprint density at radius 3 is 1.67 bits per heavy atom. The van der Waals surface area contributed by atoms with Gasteiger partial charge < -0.3 is 9.47 Å². The Balaban J connectivity index is 4.37. The van der Waals surface area contributed by atoms with E-state index in [2.05, 4.69) is 0 Å². The molecular formula is C12H16N2O4. The molecule has 6 nitrogen and oxygen atoms in total. The zero-order valence-corrected chi connectivity index (χ0v) is 10.5. The van der Waals surface area contributed by atoms with E-state index in [0.717, 1.165) is 0 Å². The Hall–Kier alpha value is -2.08. The van der Waals surface area contributed by atoms with Gasteiger partial charge >= 0.3 is 11.9 Å². The Morgan fingerprint density at radius 1 is 1.00 bits per heavy atom. The summed E-state index contributed by atoms with van der Waals surface area (Å²) in [6.45, 7) is 3.32. The summed E-state index contributed by atoms with van der Waals surface area (Å²) >= 11 is 0. The summed E-state index contributed by atoms with van der Waals surface area (Å²) in [4.78, 5) is 23.3. The molecule has 0 spiro atoms. The second kappa shape index (κ2) is 9.00. The van der Waals surface area contributed by atoms with Crippen LogP contribution in [0.5, 0.6) is 0 Å². The first-order valence-electron chi connectivity index (χ1n) is 5.61. The number of ether oxygens (including phenoxy) is 2. The van der Waals surface area contributed by atoms with E-state index in [1.54, 1.807) is 13.8 Å². The van der Waals surface area contributed by atoms with Crippen molar-refractivity contribution >= 4 is 11.9 Å². The quantitative estimate of drug-likeness (QED) is 0.383. The average molecular weight is 252 g/mol. The average Bonchev–Trinajstić information content (AvgIpc) is 2.29. The minimum absolute atomic E-state index is 0.0377. The highest BCUT2D eigenvalue weighted by molar-refractivity contribution is 5.95. The summed E-state index contributed by atoms with van der Waals surface area (Å²) in [7, 11) is 0. The van der Waals surface area contributed by atoms with Gasteiger partial charge in [-0.25, -0.2) is 0 Å². The van der Waals surface area contributed by atoms with Gasteiger partial charge in [0.1, 0.15) is 13.2 Å². The van der Waals surface area contributed by atoms with Crippen molar-refractivity contribution in [2.24, 2.45) is 11.8 Å². The number of nitriles is 2. The molecule has 0 atom stereocenters. The van der Waals surface area contributed by atoms with Gasteiger partial charge in [-0.15, -0.1) is 0 Å². The lowest BCUT2D eigenvalue weighted by molar-refractivity contribution is -0.164. The van der Waals surface area contributed by atoms with Gasteiger partial charge in [-0.1, -0.05) is 13.8 Å². The third-order valence-electron chi connectivity index (χ3n) is 2.09. The second-order valence-electron chi connectivity index (χ2n) is 3.87. The SMILES string of the molecule is CC(C)C(C(=O)OCCC#N)C(=O)OCCC#N. The van der Waals surface area contributed by atoms with Crippen LogP contribution < -0.4 is 0 Å². The van der Waals surface area contributed by atoms with E-state index in [0.29, 0.717) is 0 Å². The smallest absolute Gasteiger partial charge is 0.320 e. The van der Waals surface area contributed by atoms with Crippen molar-refractivity contribution in [2.45, 2.75) is 26.7 Å². The topological polar surface area (TPSA) is 100 Å². The van der Waals surface area contributed by atoms with Crippen LogP contribution >= 0.6 is 0 Å². The van der Waals surface area contributed by atoms with Crippen LogP contribution in [0, 0.1) is 34.5 Å². The fourth-order valence-electron chi connectivity index (χ4n) is 1.21. The van der Waals surface area contributed by atoms with E-state index in [-0.39, 0.29) is 32.0 Å². The van der Waals surface area contributed by atoms with Gasteiger partial charge in [0.2, 0.25) is 0 Å². The summed E-state index contributed by atoms with van der Waals surface area (Å²) in [6.07, 6.45) is 0.167. The van der Waals surface area contributed by atoms with E-state index < -0.39 is 17.9 Å². The first-order valence-corrected chi connectivity index (χ1v) is 5.61. The zero-order chi connectivity index (χ0) is 14.0. The van der Waals surface area contributed by atoms with Crippen molar-refractivity contribution < 1.29 is 19.1 Å². The molecule has 98 valence electrons. The van der Waals surface area contributed by atoms with Crippen LogP contribution in [0.4, 0.5) is 0 Å². The number of esters is 2. The van der Waals surface area contributed by atoms with Crippen molar-refractivity contribution in [3.05, 3.63) is 0 Å². The minimum atomic E-state index is -1.01. The Labute approximate surface area is 106 Å². The molecule has 0 aromatic rings. The van der Waals surface area contributed by atoms with E-state index in [4.69, 9.17) is 20.0 Å². The van der Waals surface area contributed by atoms with Crippen LogP contribution in [0.15, 0.2) is 0 Å². The maximum Gasteiger partial charge on any atom is 0.320 e. The van der Waals surface area contributed by atoms with Crippen LogP contribution in [0.25, 0.3) is 0 Å². The summed E-state index contributed by atoms with van der Waals surface area (Å²) in [5, 5.41) is 16.6. The van der Waals surface area contributed by atoms with E-state index in [1.165, 1.54) is 0 Å². The van der Waals surface area contributed by atoms with Gasteiger partial charge in [-0.2, -0.15) is 10.5 Å². The maximum atomic E-state index is 11.6. The van der Waals surface area contributed by atoms with Gasteiger partial charge in [0.15, 0.2) is 5.92 Å². The normalized spacial score (nSPS) is 9.67. The molecular weight excluding hydrogens is 236 g/mol. The van der Waals surface area contributed by atoms with Crippen molar-refractivity contribution in [1.82, 2.24) is 0 Å². The van der Waals surface area contributed by atoms with Gasteiger partial charge in [0, 0.05) is 0 Å². The molecule has 0 fully saturated rings. The summed E-state index contributed by atoms with van der Waals surface area (Å²) in [5.74, 6) is -2.67. The molecule has 0 heterocycles. The highest BCUT2D eigenvalue weighted by Crippen LogP contribution is 2.15. The first kappa shape index (κ1) is 15.9. The molecule has 0 aromatic heterocycles. The Bertz CT molecular complexity index is 333. The number of rotatable bonds is 7. The van der Waals surface area contributed by atoms with Crippen LogP contribution in [0.3, 0.4) is 0 Å². The molecule has 0 rings (SSSR count). The molecule has 0 saturated carbocycles. The number of carbonyl (C=O) groups is 2. The lowest BCUT2D eigenvalue weighted by Crippen LogP contribution is -2.32. The first-order chi connectivity index (χ1) is 8.54. The molecule has 0 unspecified atom stereocenters. The molecule has 0 saturated heterocycles. The van der Waals surface area contributed by atoms with E-state index in [1.807, 2.05) is 12.1 Å². The summed E-state index contributed by atoms with van der Waals surface area (Å²) < 4.78 is 9.61. The Morgan fingerprint density at radius 2 is 1.39 bits per heavy atom. The third kappa shape index (κ3) is 5.86. The fourth-order valence-corrected chi connectivity index (χ4v) is 1.21. The van der Waals surface area contributed by atoms with Crippen molar-refractivity contribution in [2.75, 3.05) is 13.2 Å². The largest absolute Gasteiger partial charge is 0.464 e. The minimum Gasteiger partial charge on any atom is -0.464 e. The second-order valence-corrected chi connectivity index (χ2v) is 3.87. The molecule has 0 radical (unpaired) electrons. The van der Waals surface area contributed by atoms with Crippen LogP contribution in [0.2, 0.25) is 0 Å². The monoisotopic (exact) mass is 252 g/mol. The number of hydrogen-bond acceptors (Lipinski definition) is 6. The van der Waals surface area contributed by atoms with Crippen LogP contribution in [0.1, 0.15) is 26.7 Å². The molecule has 0 aliphatic heterocycles. The zero-order valence-electron chi connectivity index (χ0n) is 10.5. The van der Waals surface area contributed by atoms with Gasteiger partial charge in [-0.05, 0) is 5.92 Å². The molecule has 0 bridgehead atoms. The lowest BCUT2D eigenvalue weighted by Gasteiger charge is -2.17. The van der Waals surface area contributed by atoms with Gasteiger partial charge in [0.05, 0.1) is 25.0 Å². The van der Waals surface area contributed by atoms with Gasteiger partial charge in [-0.3, -0.25) is 9.59 Å². The van der Waals surface area contributed by atoms with Crippen molar-refractivity contribution in [1.29, 1.82) is 10.5 Å². The van der Waals surface area contributed by atoms with Crippen LogP contribution in [-0.4, -0.2) is 25.2 Å². The van der Waals surface area contributed by atoms with Gasteiger partial charge in [0.25, 0.3) is 0 Å². The molecule has 0 amide bonds. The molecule has 18 heavy (non-hydrogen) atoms. The Kier molecular flexibility index (Phi) is 7.96. The predicted octanol–water partition coefficient (Wildman–Crippen LogP) is 1.17. The van der Waals surface area contributed by atoms with E-state index >= 15 is 0 Å². The molecule has 0 N–H and O–H groups in total. The molecule has 0 aliphatic rings. The van der Waals surface area contributed by atoms with E-state index in [9.17, 15) is 9.59 Å². The lowest BCUT2D eigenvalue weighted by atomic mass is 9.96. The summed E-state index contributed by atoms with van der Waals surface area (Å²) in [5.41, 5.74) is 0. The highest BCUT2D eigenvalue weighted by atomic mass is 16.6. The van der Waals surface area contributed by atoms with Crippen LogP contribution in [-0.2, 0) is 19.1 Å². The third-order valence-corrected chi connectivity index (χ3v) is 2.09. The summed E-state index contributed by atoms with van der Waals surface area (Å²) in [6, 6.07) is 3.67. The van der Waals surface area contributed by atoms with Crippen molar-refractivity contribution in [3.8, 4) is 12.1 Å². The molecule has 6 heteroatoms. The highest BCUT2D eigenvalue weighted by Gasteiger charge is 2.32. The maximum absolute atomic E-state index is 11.6. The fraction of sp³-hybridized carbons (Fsp3) is 0.667. The number of hydrogen-bond donors (Lipinski definition) is 0. The molecule has 0 aliphatic carbocycles.